The summed E-state index contributed by atoms with van der Waals surface area (Å²) < 4.78 is 26.8. The maximum atomic E-state index is 12.2. The number of nitrogens with one attached hydrogen (secondary N) is 1. The summed E-state index contributed by atoms with van der Waals surface area (Å²) in [6, 6.07) is 7.46. The number of rotatable bonds is 4. The first-order valence-corrected chi connectivity index (χ1v) is 7.23. The van der Waals surface area contributed by atoms with Crippen LogP contribution in [-0.4, -0.2) is 14.5 Å². The zero-order chi connectivity index (χ0) is 14.6. The maximum Gasteiger partial charge on any atom is 0.242 e. The molecule has 5 nitrogen and oxygen atoms in total. The van der Waals surface area contributed by atoms with E-state index in [2.05, 4.69) is 4.72 Å². The molecule has 0 fully saturated rings. The number of nitriles is 2. The summed E-state index contributed by atoms with van der Waals surface area (Å²) in [5.41, 5.74) is 0.802. The van der Waals surface area contributed by atoms with E-state index in [9.17, 15) is 8.42 Å². The van der Waals surface area contributed by atoms with Crippen LogP contribution in [-0.2, 0) is 10.0 Å². The number of benzene rings is 1. The zero-order valence-electron chi connectivity index (χ0n) is 11.0. The van der Waals surface area contributed by atoms with Crippen molar-refractivity contribution >= 4 is 10.0 Å². The van der Waals surface area contributed by atoms with Crippen LogP contribution in [0.25, 0.3) is 0 Å². The minimum absolute atomic E-state index is 0.0347. The summed E-state index contributed by atoms with van der Waals surface area (Å²) in [5.74, 6) is -0.140. The highest BCUT2D eigenvalue weighted by molar-refractivity contribution is 7.89. The van der Waals surface area contributed by atoms with Crippen molar-refractivity contribution in [2.75, 3.05) is 0 Å². The van der Waals surface area contributed by atoms with E-state index in [1.54, 1.807) is 32.9 Å². The van der Waals surface area contributed by atoms with Gasteiger partial charge in [-0.1, -0.05) is 19.9 Å². The number of hydrogen-bond acceptors (Lipinski definition) is 4. The largest absolute Gasteiger partial charge is 0.242 e. The van der Waals surface area contributed by atoms with Gasteiger partial charge in [0.05, 0.1) is 22.6 Å². The molecule has 100 valence electrons. The van der Waals surface area contributed by atoms with Gasteiger partial charge in [-0.15, -0.1) is 0 Å². The minimum Gasteiger partial charge on any atom is -0.207 e. The van der Waals surface area contributed by atoms with Crippen molar-refractivity contribution in [3.63, 3.8) is 0 Å². The summed E-state index contributed by atoms with van der Waals surface area (Å²) in [4.78, 5) is 0.0347. The van der Waals surface area contributed by atoms with Crippen molar-refractivity contribution in [1.29, 1.82) is 10.5 Å². The normalized spacial score (nSPS) is 12.7. The Balaban J connectivity index is 3.22. The Morgan fingerprint density at radius 1 is 1.26 bits per heavy atom. The lowest BCUT2D eigenvalue weighted by Gasteiger charge is -2.16. The van der Waals surface area contributed by atoms with Crippen LogP contribution in [0, 0.1) is 35.5 Å². The van der Waals surface area contributed by atoms with Crippen LogP contribution in [0.4, 0.5) is 0 Å². The lowest BCUT2D eigenvalue weighted by molar-refractivity contribution is 0.515. The van der Waals surface area contributed by atoms with Crippen molar-refractivity contribution in [3.05, 3.63) is 29.3 Å². The monoisotopic (exact) mass is 277 g/mol. The van der Waals surface area contributed by atoms with Crippen LogP contribution in [0.5, 0.6) is 0 Å². The molecule has 0 aliphatic heterocycles. The molecule has 0 spiro atoms. The van der Waals surface area contributed by atoms with Gasteiger partial charge in [0.15, 0.2) is 0 Å². The molecule has 0 radical (unpaired) electrons. The minimum atomic E-state index is -3.80. The summed E-state index contributed by atoms with van der Waals surface area (Å²) in [6.07, 6.45) is 0. The average Bonchev–Trinajstić information content (AvgIpc) is 2.36. The van der Waals surface area contributed by atoms with Crippen LogP contribution >= 0.6 is 0 Å². The van der Waals surface area contributed by atoms with Crippen LogP contribution in [0.1, 0.15) is 25.0 Å². The molecule has 1 N–H and O–H groups in total. The van der Waals surface area contributed by atoms with Crippen molar-refractivity contribution in [2.45, 2.75) is 31.7 Å². The SMILES string of the molecule is Cc1ccc(C#N)cc1S(=O)(=O)NC(C#N)C(C)C. The lowest BCUT2D eigenvalue weighted by Crippen LogP contribution is -2.37. The summed E-state index contributed by atoms with van der Waals surface area (Å²) in [5, 5.41) is 17.8. The third kappa shape index (κ3) is 3.54. The predicted octanol–water partition coefficient (Wildman–Crippen LogP) is 1.69. The highest BCUT2D eigenvalue weighted by Gasteiger charge is 2.23. The fourth-order valence-corrected chi connectivity index (χ4v) is 3.06. The van der Waals surface area contributed by atoms with Crippen molar-refractivity contribution < 1.29 is 8.42 Å². The Morgan fingerprint density at radius 2 is 1.89 bits per heavy atom. The highest BCUT2D eigenvalue weighted by atomic mass is 32.2. The first kappa shape index (κ1) is 15.2. The Kier molecular flexibility index (Phi) is 4.66. The number of hydrogen-bond donors (Lipinski definition) is 1. The van der Waals surface area contributed by atoms with Gasteiger partial charge in [-0.05, 0) is 30.5 Å². The molecule has 0 amide bonds. The molecule has 0 heterocycles. The van der Waals surface area contributed by atoms with Crippen LogP contribution in [0.15, 0.2) is 23.1 Å². The lowest BCUT2D eigenvalue weighted by atomic mass is 10.1. The van der Waals surface area contributed by atoms with E-state index in [1.807, 2.05) is 12.1 Å². The van der Waals surface area contributed by atoms with E-state index in [0.29, 0.717) is 5.56 Å². The maximum absolute atomic E-state index is 12.2. The molecule has 0 saturated carbocycles. The average molecular weight is 277 g/mol. The molecular weight excluding hydrogens is 262 g/mol. The van der Waals surface area contributed by atoms with Gasteiger partial charge in [0.25, 0.3) is 0 Å². The fourth-order valence-electron chi connectivity index (χ4n) is 1.50. The van der Waals surface area contributed by atoms with Crippen molar-refractivity contribution in [3.8, 4) is 12.1 Å². The second kappa shape index (κ2) is 5.83. The molecule has 0 aromatic heterocycles. The number of nitrogens with zero attached hydrogens (tertiary/aromatic N) is 2. The van der Waals surface area contributed by atoms with Gasteiger partial charge in [-0.25, -0.2) is 8.42 Å². The predicted molar refractivity (Wildman–Crippen MR) is 70.5 cm³/mol. The molecular formula is C13H15N3O2S. The first-order chi connectivity index (χ1) is 8.81. The Labute approximate surface area is 113 Å². The molecule has 0 aliphatic rings. The second-order valence-electron chi connectivity index (χ2n) is 4.56. The molecule has 1 unspecified atom stereocenters. The summed E-state index contributed by atoms with van der Waals surface area (Å²) in [6.45, 7) is 5.16. The molecule has 0 aliphatic carbocycles. The van der Waals surface area contributed by atoms with E-state index >= 15 is 0 Å². The standard InChI is InChI=1S/C13H15N3O2S/c1-9(2)12(8-15)16-19(17,18)13-6-11(7-14)5-4-10(13)3/h4-6,9,12,16H,1-3H3. The summed E-state index contributed by atoms with van der Waals surface area (Å²) >= 11 is 0. The Hall–Kier alpha value is -1.89. The number of aryl methyl sites for hydroxylation is 1. The van der Waals surface area contributed by atoms with Crippen LogP contribution < -0.4 is 4.72 Å². The molecule has 1 rings (SSSR count). The zero-order valence-corrected chi connectivity index (χ0v) is 11.8. The third-order valence-electron chi connectivity index (χ3n) is 2.69. The molecule has 1 aromatic rings. The molecule has 1 aromatic carbocycles. The first-order valence-electron chi connectivity index (χ1n) is 5.74. The van der Waals surface area contributed by atoms with E-state index in [-0.39, 0.29) is 16.4 Å². The second-order valence-corrected chi connectivity index (χ2v) is 6.25. The van der Waals surface area contributed by atoms with Gasteiger partial charge in [-0.3, -0.25) is 0 Å². The Morgan fingerprint density at radius 3 is 2.37 bits per heavy atom. The van der Waals surface area contributed by atoms with Crippen molar-refractivity contribution in [2.24, 2.45) is 5.92 Å². The van der Waals surface area contributed by atoms with Gasteiger partial charge in [-0.2, -0.15) is 15.2 Å². The van der Waals surface area contributed by atoms with E-state index in [4.69, 9.17) is 10.5 Å². The Bertz CT molecular complexity index is 651. The van der Waals surface area contributed by atoms with Gasteiger partial charge in [0.1, 0.15) is 6.04 Å². The number of sulfonamides is 1. The smallest absolute Gasteiger partial charge is 0.207 e. The van der Waals surface area contributed by atoms with Crippen LogP contribution in [0.2, 0.25) is 0 Å². The molecule has 6 heteroatoms. The van der Waals surface area contributed by atoms with Gasteiger partial charge in [0, 0.05) is 0 Å². The van der Waals surface area contributed by atoms with Crippen molar-refractivity contribution in [1.82, 2.24) is 4.72 Å². The van der Waals surface area contributed by atoms with Gasteiger partial charge >= 0.3 is 0 Å². The quantitative estimate of drug-likeness (QED) is 0.906. The van der Waals surface area contributed by atoms with E-state index < -0.39 is 16.1 Å². The van der Waals surface area contributed by atoms with Gasteiger partial charge < -0.3 is 0 Å². The van der Waals surface area contributed by atoms with E-state index in [0.717, 1.165) is 0 Å². The highest BCUT2D eigenvalue weighted by Crippen LogP contribution is 2.18. The molecule has 1 atom stereocenters. The van der Waals surface area contributed by atoms with Gasteiger partial charge in [0.2, 0.25) is 10.0 Å². The third-order valence-corrected chi connectivity index (χ3v) is 4.28. The fraction of sp³-hybridized carbons (Fsp3) is 0.385. The topological polar surface area (TPSA) is 93.8 Å². The van der Waals surface area contributed by atoms with Crippen LogP contribution in [0.3, 0.4) is 0 Å². The van der Waals surface area contributed by atoms with E-state index in [1.165, 1.54) is 6.07 Å². The molecule has 19 heavy (non-hydrogen) atoms. The molecule has 0 bridgehead atoms. The summed E-state index contributed by atoms with van der Waals surface area (Å²) in [7, 11) is -3.80. The molecule has 0 saturated heterocycles.